The molecule has 0 amide bonds. The van der Waals surface area contributed by atoms with Crippen LogP contribution in [0.25, 0.3) is 6.08 Å². The summed E-state index contributed by atoms with van der Waals surface area (Å²) in [4.78, 5) is 0. The SMILES string of the molecule is O=S(=O)(/C=C/c1ccccc1Cl)N[C@@H]1C=C[C@H](CO)C1. The second-order valence-electron chi connectivity index (χ2n) is 4.66. The molecule has 0 unspecified atom stereocenters. The molecule has 0 aliphatic heterocycles. The highest BCUT2D eigenvalue weighted by molar-refractivity contribution is 7.92. The maximum Gasteiger partial charge on any atom is 0.234 e. The van der Waals surface area contributed by atoms with E-state index in [-0.39, 0.29) is 18.6 Å². The van der Waals surface area contributed by atoms with Gasteiger partial charge in [0.15, 0.2) is 0 Å². The summed E-state index contributed by atoms with van der Waals surface area (Å²) in [6.45, 7) is 0.0319. The summed E-state index contributed by atoms with van der Waals surface area (Å²) in [6.07, 6.45) is 5.63. The molecule has 0 bridgehead atoms. The fourth-order valence-electron chi connectivity index (χ4n) is 2.02. The first-order chi connectivity index (χ1) is 9.50. The predicted molar refractivity (Wildman–Crippen MR) is 80.7 cm³/mol. The lowest BCUT2D eigenvalue weighted by atomic mass is 10.1. The Hall–Kier alpha value is -1.14. The van der Waals surface area contributed by atoms with E-state index in [1.807, 2.05) is 6.08 Å². The van der Waals surface area contributed by atoms with Crippen molar-refractivity contribution in [1.29, 1.82) is 0 Å². The standard InChI is InChI=1S/C14H16ClNO3S/c15-14-4-2-1-3-12(14)7-8-20(18,19)16-13-6-5-11(9-13)10-17/h1-8,11,13,16-17H,9-10H2/b8-7+/t11-,13+/m0/s1. The lowest BCUT2D eigenvalue weighted by Gasteiger charge is -2.10. The maximum absolute atomic E-state index is 11.9. The number of halogens is 1. The third-order valence-electron chi connectivity index (χ3n) is 3.05. The van der Waals surface area contributed by atoms with Crippen LogP contribution in [0, 0.1) is 5.92 Å². The van der Waals surface area contributed by atoms with Crippen molar-refractivity contribution in [3.05, 3.63) is 52.4 Å². The topological polar surface area (TPSA) is 66.4 Å². The number of nitrogens with one attached hydrogen (secondary N) is 1. The minimum Gasteiger partial charge on any atom is -0.396 e. The molecule has 0 fully saturated rings. The molecule has 0 spiro atoms. The Balaban J connectivity index is 2.02. The first-order valence-corrected chi connectivity index (χ1v) is 8.17. The molecule has 0 aromatic heterocycles. The summed E-state index contributed by atoms with van der Waals surface area (Å²) in [6, 6.07) is 6.74. The monoisotopic (exact) mass is 313 g/mol. The summed E-state index contributed by atoms with van der Waals surface area (Å²) in [5, 5.41) is 10.6. The molecule has 1 aromatic carbocycles. The molecule has 2 rings (SSSR count). The molecular weight excluding hydrogens is 298 g/mol. The first kappa shape index (κ1) is 15.3. The summed E-state index contributed by atoms with van der Waals surface area (Å²) >= 11 is 5.96. The molecular formula is C14H16ClNO3S. The van der Waals surface area contributed by atoms with Crippen LogP contribution >= 0.6 is 11.6 Å². The van der Waals surface area contributed by atoms with E-state index in [1.165, 1.54) is 6.08 Å². The summed E-state index contributed by atoms with van der Waals surface area (Å²) in [5.41, 5.74) is 0.648. The third kappa shape index (κ3) is 4.18. The highest BCUT2D eigenvalue weighted by atomic mass is 35.5. The molecule has 2 atom stereocenters. The van der Waals surface area contributed by atoms with Crippen molar-refractivity contribution >= 4 is 27.7 Å². The van der Waals surface area contributed by atoms with E-state index in [2.05, 4.69) is 4.72 Å². The van der Waals surface area contributed by atoms with Gasteiger partial charge in [-0.3, -0.25) is 0 Å². The smallest absolute Gasteiger partial charge is 0.234 e. The first-order valence-electron chi connectivity index (χ1n) is 6.24. The van der Waals surface area contributed by atoms with E-state index < -0.39 is 10.0 Å². The molecule has 1 aliphatic carbocycles. The van der Waals surface area contributed by atoms with Gasteiger partial charge in [-0.05, 0) is 24.1 Å². The van der Waals surface area contributed by atoms with Gasteiger partial charge in [-0.15, -0.1) is 0 Å². The third-order valence-corrected chi connectivity index (χ3v) is 4.52. The van der Waals surface area contributed by atoms with Crippen LogP contribution in [0.3, 0.4) is 0 Å². The van der Waals surface area contributed by atoms with Gasteiger partial charge >= 0.3 is 0 Å². The Labute approximate surface area is 123 Å². The van der Waals surface area contributed by atoms with Crippen molar-refractivity contribution in [3.8, 4) is 0 Å². The Morgan fingerprint density at radius 3 is 2.75 bits per heavy atom. The zero-order chi connectivity index (χ0) is 14.6. The van der Waals surface area contributed by atoms with E-state index in [4.69, 9.17) is 16.7 Å². The van der Waals surface area contributed by atoms with Crippen LogP contribution in [0.5, 0.6) is 0 Å². The van der Waals surface area contributed by atoms with E-state index in [0.29, 0.717) is 17.0 Å². The van der Waals surface area contributed by atoms with E-state index in [9.17, 15) is 8.42 Å². The van der Waals surface area contributed by atoms with Gasteiger partial charge in [0.2, 0.25) is 10.0 Å². The van der Waals surface area contributed by atoms with Crippen molar-refractivity contribution < 1.29 is 13.5 Å². The number of sulfonamides is 1. The van der Waals surface area contributed by atoms with Gasteiger partial charge in [0.1, 0.15) is 0 Å². The molecule has 1 aromatic rings. The zero-order valence-electron chi connectivity index (χ0n) is 10.7. The molecule has 0 saturated carbocycles. The molecule has 108 valence electrons. The van der Waals surface area contributed by atoms with Crippen LogP contribution in [-0.4, -0.2) is 26.2 Å². The molecule has 4 nitrogen and oxygen atoms in total. The number of aliphatic hydroxyl groups is 1. The average molecular weight is 314 g/mol. The Morgan fingerprint density at radius 2 is 2.10 bits per heavy atom. The maximum atomic E-state index is 11.9. The van der Waals surface area contributed by atoms with Crippen molar-refractivity contribution in [2.24, 2.45) is 5.92 Å². The van der Waals surface area contributed by atoms with Gasteiger partial charge in [0.25, 0.3) is 0 Å². The largest absolute Gasteiger partial charge is 0.396 e. The van der Waals surface area contributed by atoms with Gasteiger partial charge in [-0.1, -0.05) is 42.0 Å². The molecule has 6 heteroatoms. The summed E-state index contributed by atoms with van der Waals surface area (Å²) < 4.78 is 26.4. The Morgan fingerprint density at radius 1 is 1.35 bits per heavy atom. The van der Waals surface area contributed by atoms with Gasteiger partial charge in [0, 0.05) is 29.0 Å². The van der Waals surface area contributed by atoms with Gasteiger partial charge in [0.05, 0.1) is 0 Å². The van der Waals surface area contributed by atoms with E-state index in [0.717, 1.165) is 5.41 Å². The molecule has 1 aliphatic rings. The van der Waals surface area contributed by atoms with Crippen molar-refractivity contribution in [2.45, 2.75) is 12.5 Å². The quantitative estimate of drug-likeness (QED) is 0.819. The van der Waals surface area contributed by atoms with Crippen LogP contribution < -0.4 is 4.72 Å². The number of benzene rings is 1. The lowest BCUT2D eigenvalue weighted by molar-refractivity contribution is 0.248. The molecule has 0 saturated heterocycles. The van der Waals surface area contributed by atoms with Gasteiger partial charge in [-0.25, -0.2) is 13.1 Å². The second kappa shape index (κ2) is 6.54. The second-order valence-corrected chi connectivity index (χ2v) is 6.66. The number of hydrogen-bond acceptors (Lipinski definition) is 3. The molecule has 20 heavy (non-hydrogen) atoms. The van der Waals surface area contributed by atoms with Crippen molar-refractivity contribution in [2.75, 3.05) is 6.61 Å². The number of hydrogen-bond donors (Lipinski definition) is 2. The fourth-order valence-corrected chi connectivity index (χ4v) is 3.22. The molecule has 0 radical (unpaired) electrons. The van der Waals surface area contributed by atoms with E-state index >= 15 is 0 Å². The summed E-state index contributed by atoms with van der Waals surface area (Å²) in [7, 11) is -3.53. The number of aliphatic hydroxyl groups excluding tert-OH is 1. The van der Waals surface area contributed by atoms with Crippen molar-refractivity contribution in [3.63, 3.8) is 0 Å². The van der Waals surface area contributed by atoms with Crippen molar-refractivity contribution in [1.82, 2.24) is 4.72 Å². The summed E-state index contributed by atoms with van der Waals surface area (Å²) in [5.74, 6) is 0.0234. The van der Waals surface area contributed by atoms with E-state index in [1.54, 1.807) is 30.3 Å². The van der Waals surface area contributed by atoms with Crippen LogP contribution in [0.1, 0.15) is 12.0 Å². The highest BCUT2D eigenvalue weighted by Gasteiger charge is 2.21. The van der Waals surface area contributed by atoms with Gasteiger partial charge < -0.3 is 5.11 Å². The Kier molecular flexibility index (Phi) is 4.99. The zero-order valence-corrected chi connectivity index (χ0v) is 12.3. The highest BCUT2D eigenvalue weighted by Crippen LogP contribution is 2.19. The predicted octanol–water partition coefficient (Wildman–Crippen LogP) is 2.17. The van der Waals surface area contributed by atoms with Gasteiger partial charge in [-0.2, -0.15) is 0 Å². The fraction of sp³-hybridized carbons (Fsp3) is 0.286. The van der Waals surface area contributed by atoms with Crippen LogP contribution in [0.15, 0.2) is 41.8 Å². The van der Waals surface area contributed by atoms with Crippen LogP contribution in [0.4, 0.5) is 0 Å². The van der Waals surface area contributed by atoms with Crippen LogP contribution in [0.2, 0.25) is 5.02 Å². The lowest BCUT2D eigenvalue weighted by Crippen LogP contribution is -2.31. The average Bonchev–Trinajstić information content (AvgIpc) is 2.85. The normalized spacial score (nSPS) is 22.7. The number of rotatable bonds is 5. The van der Waals surface area contributed by atoms with Crippen LogP contribution in [-0.2, 0) is 10.0 Å². The molecule has 2 N–H and O–H groups in total. The Bertz CT molecular complexity index is 625. The molecule has 0 heterocycles. The minimum absolute atomic E-state index is 0.0234. The minimum atomic E-state index is -3.53.